The summed E-state index contributed by atoms with van der Waals surface area (Å²) in [6.07, 6.45) is 2.25. The van der Waals surface area contributed by atoms with E-state index in [-0.39, 0.29) is 12.2 Å². The predicted octanol–water partition coefficient (Wildman–Crippen LogP) is 6.08. The highest BCUT2D eigenvalue weighted by molar-refractivity contribution is 7.07. The molecule has 0 fully saturated rings. The lowest BCUT2D eigenvalue weighted by atomic mass is 9.95. The SMILES string of the molecule is CCOc1cc(/C=c2\sc3n(c2=O)[C@@H](c2ccccc2)C(C(=O)OC)=C(CC)N=3)cc(Cl)c1OCc1ccc(Cl)cc1. The topological polar surface area (TPSA) is 79.1 Å². The van der Waals surface area contributed by atoms with Gasteiger partial charge in [0.15, 0.2) is 16.3 Å². The molecule has 0 spiro atoms. The number of carbonyl (C=O) groups is 1. The summed E-state index contributed by atoms with van der Waals surface area (Å²) < 4.78 is 19.0. The maximum Gasteiger partial charge on any atom is 0.338 e. The van der Waals surface area contributed by atoms with E-state index >= 15 is 0 Å². The molecule has 42 heavy (non-hydrogen) atoms. The molecule has 10 heteroatoms. The number of methoxy groups -OCH3 is 1. The Morgan fingerprint density at radius 3 is 2.45 bits per heavy atom. The number of esters is 1. The summed E-state index contributed by atoms with van der Waals surface area (Å²) in [5.41, 5.74) is 3.04. The van der Waals surface area contributed by atoms with Crippen LogP contribution in [-0.2, 0) is 16.1 Å². The number of rotatable bonds is 9. The molecule has 0 amide bonds. The third-order valence-electron chi connectivity index (χ3n) is 6.69. The summed E-state index contributed by atoms with van der Waals surface area (Å²) in [5, 5.41) is 0.987. The van der Waals surface area contributed by atoms with E-state index in [1.54, 1.807) is 34.9 Å². The van der Waals surface area contributed by atoms with Crippen molar-refractivity contribution in [3.8, 4) is 11.5 Å². The minimum Gasteiger partial charge on any atom is -0.490 e. The quantitative estimate of drug-likeness (QED) is 0.211. The van der Waals surface area contributed by atoms with Crippen LogP contribution in [0.5, 0.6) is 11.5 Å². The summed E-state index contributed by atoms with van der Waals surface area (Å²) in [7, 11) is 1.33. The number of carbonyl (C=O) groups excluding carboxylic acids is 1. The van der Waals surface area contributed by atoms with Crippen LogP contribution in [0.25, 0.3) is 6.08 Å². The molecular formula is C32H28Cl2N2O5S. The fourth-order valence-corrected chi connectivity index (χ4v) is 6.20. The van der Waals surface area contributed by atoms with Crippen LogP contribution in [-0.4, -0.2) is 24.3 Å². The van der Waals surface area contributed by atoms with Gasteiger partial charge in [0.1, 0.15) is 6.61 Å². The number of thiazole rings is 1. The van der Waals surface area contributed by atoms with E-state index in [9.17, 15) is 9.59 Å². The zero-order valence-corrected chi connectivity index (χ0v) is 25.6. The lowest BCUT2D eigenvalue weighted by molar-refractivity contribution is -0.136. The van der Waals surface area contributed by atoms with Crippen LogP contribution < -0.4 is 24.4 Å². The van der Waals surface area contributed by atoms with Gasteiger partial charge in [-0.25, -0.2) is 9.79 Å². The first-order valence-electron chi connectivity index (χ1n) is 13.4. The van der Waals surface area contributed by atoms with E-state index in [2.05, 4.69) is 0 Å². The molecule has 2 heterocycles. The molecule has 0 radical (unpaired) electrons. The van der Waals surface area contributed by atoms with Crippen LogP contribution in [0.3, 0.4) is 0 Å². The summed E-state index contributed by atoms with van der Waals surface area (Å²) in [4.78, 5) is 32.1. The maximum atomic E-state index is 13.9. The normalized spacial score (nSPS) is 14.8. The third kappa shape index (κ3) is 6.02. The second kappa shape index (κ2) is 13.0. The zero-order chi connectivity index (χ0) is 29.8. The molecule has 1 aliphatic rings. The van der Waals surface area contributed by atoms with E-state index in [0.717, 1.165) is 11.1 Å². The second-order valence-corrected chi connectivity index (χ2v) is 11.2. The van der Waals surface area contributed by atoms with Crippen molar-refractivity contribution in [2.24, 2.45) is 4.99 Å². The molecule has 1 aromatic heterocycles. The van der Waals surface area contributed by atoms with Crippen molar-refractivity contribution in [1.29, 1.82) is 0 Å². The first-order valence-corrected chi connectivity index (χ1v) is 14.9. The van der Waals surface area contributed by atoms with Gasteiger partial charge in [-0.3, -0.25) is 9.36 Å². The lowest BCUT2D eigenvalue weighted by Gasteiger charge is -2.25. The van der Waals surface area contributed by atoms with E-state index < -0.39 is 12.0 Å². The Bertz CT molecular complexity index is 1830. The average Bonchev–Trinajstić information content (AvgIpc) is 3.30. The van der Waals surface area contributed by atoms with E-state index in [1.807, 2.05) is 56.3 Å². The summed E-state index contributed by atoms with van der Waals surface area (Å²) >= 11 is 13.9. The fraction of sp³-hybridized carbons (Fsp3) is 0.219. The molecule has 1 aliphatic heterocycles. The highest BCUT2D eigenvalue weighted by atomic mass is 35.5. The Hall–Kier alpha value is -3.85. The molecule has 0 saturated heterocycles. The predicted molar refractivity (Wildman–Crippen MR) is 165 cm³/mol. The summed E-state index contributed by atoms with van der Waals surface area (Å²) in [5.74, 6) is 0.355. The molecule has 0 N–H and O–H groups in total. The molecule has 0 saturated carbocycles. The lowest BCUT2D eigenvalue weighted by Crippen LogP contribution is -2.40. The van der Waals surface area contributed by atoms with E-state index in [1.165, 1.54) is 18.4 Å². The number of fused-ring (bicyclic) bond motifs is 1. The van der Waals surface area contributed by atoms with Gasteiger partial charge in [0.2, 0.25) is 0 Å². The van der Waals surface area contributed by atoms with Crippen LogP contribution >= 0.6 is 34.5 Å². The van der Waals surface area contributed by atoms with Gasteiger partial charge in [-0.1, -0.05) is 83.9 Å². The standard InChI is InChI=1S/C32H28Cl2N2O5S/c1-4-24-27(31(38)39-3)28(21-9-7-6-8-10-21)36-30(37)26(42-32(36)35-24)17-20-15-23(34)29(25(16-20)40-5-2)41-18-19-11-13-22(33)14-12-19/h6-17,28H,4-5,18H2,1-3H3/b26-17-/t28-/m0/s1. The molecular weight excluding hydrogens is 595 g/mol. The molecule has 5 rings (SSSR count). The van der Waals surface area contributed by atoms with Gasteiger partial charge in [-0.05, 0) is 60.4 Å². The van der Waals surface area contributed by atoms with Gasteiger partial charge >= 0.3 is 5.97 Å². The molecule has 1 atom stereocenters. The number of benzene rings is 3. The van der Waals surface area contributed by atoms with Gasteiger partial charge in [-0.2, -0.15) is 0 Å². The van der Waals surface area contributed by atoms with Crippen LogP contribution in [0.2, 0.25) is 10.0 Å². The highest BCUT2D eigenvalue weighted by Crippen LogP contribution is 2.38. The van der Waals surface area contributed by atoms with E-state index in [4.69, 9.17) is 42.4 Å². The highest BCUT2D eigenvalue weighted by Gasteiger charge is 2.33. The number of aromatic nitrogens is 1. The molecule has 0 aliphatic carbocycles. The number of nitrogens with zero attached hydrogens (tertiary/aromatic N) is 2. The van der Waals surface area contributed by atoms with Gasteiger partial charge in [0.05, 0.1) is 40.6 Å². The second-order valence-electron chi connectivity index (χ2n) is 9.38. The van der Waals surface area contributed by atoms with Crippen LogP contribution in [0.4, 0.5) is 0 Å². The maximum absolute atomic E-state index is 13.9. The van der Waals surface area contributed by atoms with Crippen molar-refractivity contribution in [3.63, 3.8) is 0 Å². The largest absolute Gasteiger partial charge is 0.490 e. The summed E-state index contributed by atoms with van der Waals surface area (Å²) in [6.45, 7) is 4.46. The van der Waals surface area contributed by atoms with Crippen molar-refractivity contribution >= 4 is 46.6 Å². The van der Waals surface area contributed by atoms with Crippen molar-refractivity contribution in [2.45, 2.75) is 32.9 Å². The minimum absolute atomic E-state index is 0.274. The molecule has 0 unspecified atom stereocenters. The smallest absolute Gasteiger partial charge is 0.338 e. The van der Waals surface area contributed by atoms with Gasteiger partial charge < -0.3 is 14.2 Å². The van der Waals surface area contributed by atoms with Gasteiger partial charge in [0.25, 0.3) is 5.56 Å². The van der Waals surface area contributed by atoms with Gasteiger partial charge in [0, 0.05) is 5.02 Å². The number of allylic oxidation sites excluding steroid dienone is 1. The Balaban J connectivity index is 1.59. The Morgan fingerprint density at radius 2 is 1.79 bits per heavy atom. The Morgan fingerprint density at radius 1 is 1.05 bits per heavy atom. The third-order valence-corrected chi connectivity index (χ3v) is 8.21. The van der Waals surface area contributed by atoms with Crippen molar-refractivity contribution in [1.82, 2.24) is 4.57 Å². The molecule has 0 bridgehead atoms. The number of ether oxygens (including phenoxy) is 3. The first-order chi connectivity index (χ1) is 20.3. The number of halogens is 2. The first kappa shape index (κ1) is 29.6. The molecule has 7 nitrogen and oxygen atoms in total. The minimum atomic E-state index is -0.668. The Labute approximate surface area is 256 Å². The van der Waals surface area contributed by atoms with Crippen LogP contribution in [0.15, 0.2) is 87.8 Å². The van der Waals surface area contributed by atoms with Crippen molar-refractivity contribution in [3.05, 3.63) is 124 Å². The molecule has 4 aromatic rings. The number of hydrogen-bond donors (Lipinski definition) is 0. The summed E-state index contributed by atoms with van der Waals surface area (Å²) in [6, 6.07) is 19.6. The van der Waals surface area contributed by atoms with Crippen molar-refractivity contribution in [2.75, 3.05) is 13.7 Å². The van der Waals surface area contributed by atoms with Crippen molar-refractivity contribution < 1.29 is 19.0 Å². The monoisotopic (exact) mass is 622 g/mol. The van der Waals surface area contributed by atoms with Crippen LogP contribution in [0, 0.1) is 0 Å². The average molecular weight is 624 g/mol. The Kier molecular flexibility index (Phi) is 9.16. The van der Waals surface area contributed by atoms with E-state index in [0.29, 0.717) is 60.7 Å². The molecule has 216 valence electrons. The van der Waals surface area contributed by atoms with Gasteiger partial charge in [-0.15, -0.1) is 0 Å². The van der Waals surface area contributed by atoms with Crippen LogP contribution in [0.1, 0.15) is 43.0 Å². The zero-order valence-electron chi connectivity index (χ0n) is 23.2. The molecule has 3 aromatic carbocycles. The fourth-order valence-electron chi connectivity index (χ4n) is 4.78. The number of hydrogen-bond acceptors (Lipinski definition) is 7.